The number of tetrazole rings is 1. The number of benzene rings is 1. The first-order valence-corrected chi connectivity index (χ1v) is 6.74. The Kier molecular flexibility index (Phi) is 3.70. The summed E-state index contributed by atoms with van der Waals surface area (Å²) in [7, 11) is 0. The number of aliphatic hydroxyl groups is 1. The highest BCUT2D eigenvalue weighted by Crippen LogP contribution is 2.32. The maximum atomic E-state index is 14.0. The van der Waals surface area contributed by atoms with Crippen LogP contribution in [0.1, 0.15) is 11.1 Å². The molecular weight excluding hydrogens is 277 g/mol. The van der Waals surface area contributed by atoms with Gasteiger partial charge < -0.3 is 15.6 Å². The van der Waals surface area contributed by atoms with Crippen LogP contribution in [0.25, 0.3) is 0 Å². The zero-order valence-corrected chi connectivity index (χ0v) is 11.4. The van der Waals surface area contributed by atoms with E-state index in [9.17, 15) is 9.50 Å². The van der Waals surface area contributed by atoms with Crippen molar-refractivity contribution in [3.63, 3.8) is 0 Å². The Morgan fingerprint density at radius 1 is 1.43 bits per heavy atom. The third kappa shape index (κ3) is 2.80. The zero-order valence-electron chi connectivity index (χ0n) is 11.4. The van der Waals surface area contributed by atoms with Crippen molar-refractivity contribution in [2.45, 2.75) is 19.4 Å². The van der Waals surface area contributed by atoms with E-state index in [-0.39, 0.29) is 30.9 Å². The second-order valence-corrected chi connectivity index (χ2v) is 5.11. The molecule has 0 spiro atoms. The summed E-state index contributed by atoms with van der Waals surface area (Å²) < 4.78 is 20.9. The van der Waals surface area contributed by atoms with E-state index in [1.807, 2.05) is 6.07 Å². The lowest BCUT2D eigenvalue weighted by Gasteiger charge is -2.09. The topological polar surface area (TPSA) is 99.1 Å². The Morgan fingerprint density at radius 3 is 3.00 bits per heavy atom. The Balaban J connectivity index is 1.65. The first-order valence-electron chi connectivity index (χ1n) is 6.74. The molecule has 1 aromatic heterocycles. The summed E-state index contributed by atoms with van der Waals surface area (Å²) in [6.07, 6.45) is 1.26. The molecule has 0 bridgehead atoms. The number of nitrogens with two attached hydrogens (primary N) is 1. The van der Waals surface area contributed by atoms with Crippen molar-refractivity contribution < 1.29 is 14.2 Å². The van der Waals surface area contributed by atoms with Crippen molar-refractivity contribution in [2.75, 3.05) is 18.9 Å². The van der Waals surface area contributed by atoms with Crippen LogP contribution >= 0.6 is 0 Å². The molecule has 1 unspecified atom stereocenters. The van der Waals surface area contributed by atoms with Crippen molar-refractivity contribution >= 4 is 5.95 Å². The Morgan fingerprint density at radius 2 is 2.29 bits per heavy atom. The first-order chi connectivity index (χ1) is 10.2. The van der Waals surface area contributed by atoms with Gasteiger partial charge in [-0.15, -0.1) is 0 Å². The van der Waals surface area contributed by atoms with Gasteiger partial charge in [-0.05, 0) is 46.4 Å². The molecule has 8 heteroatoms. The van der Waals surface area contributed by atoms with Crippen LogP contribution in [0.15, 0.2) is 12.1 Å². The third-order valence-electron chi connectivity index (χ3n) is 3.65. The van der Waals surface area contributed by atoms with Gasteiger partial charge in [0.1, 0.15) is 18.2 Å². The summed E-state index contributed by atoms with van der Waals surface area (Å²) in [5.41, 5.74) is 7.13. The summed E-state index contributed by atoms with van der Waals surface area (Å²) in [4.78, 5) is 0. The minimum atomic E-state index is -0.277. The predicted molar refractivity (Wildman–Crippen MR) is 72.1 cm³/mol. The maximum absolute atomic E-state index is 14.0. The molecule has 0 saturated carbocycles. The van der Waals surface area contributed by atoms with Crippen molar-refractivity contribution in [1.29, 1.82) is 0 Å². The van der Waals surface area contributed by atoms with Crippen LogP contribution in [0.2, 0.25) is 0 Å². The molecule has 1 atom stereocenters. The number of aliphatic hydroxyl groups excluding tert-OH is 1. The highest BCUT2D eigenvalue weighted by molar-refractivity contribution is 5.40. The lowest BCUT2D eigenvalue weighted by Crippen LogP contribution is -2.12. The van der Waals surface area contributed by atoms with E-state index < -0.39 is 0 Å². The van der Waals surface area contributed by atoms with Crippen molar-refractivity contribution in [1.82, 2.24) is 20.2 Å². The minimum absolute atomic E-state index is 0.0723. The van der Waals surface area contributed by atoms with Gasteiger partial charge in [-0.3, -0.25) is 0 Å². The van der Waals surface area contributed by atoms with E-state index >= 15 is 0 Å². The van der Waals surface area contributed by atoms with E-state index in [2.05, 4.69) is 15.5 Å². The first kappa shape index (κ1) is 13.7. The Labute approximate surface area is 120 Å². The van der Waals surface area contributed by atoms with Crippen LogP contribution in [-0.4, -0.2) is 38.5 Å². The molecule has 21 heavy (non-hydrogen) atoms. The molecule has 0 radical (unpaired) electrons. The maximum Gasteiger partial charge on any atom is 0.240 e. The lowest BCUT2D eigenvalue weighted by atomic mass is 10.1. The largest absolute Gasteiger partial charge is 0.492 e. The van der Waals surface area contributed by atoms with Crippen LogP contribution in [0, 0.1) is 11.7 Å². The number of ether oxygens (including phenoxy) is 1. The number of rotatable bonds is 5. The van der Waals surface area contributed by atoms with Gasteiger partial charge in [-0.25, -0.2) is 9.07 Å². The van der Waals surface area contributed by atoms with Gasteiger partial charge in [-0.1, -0.05) is 5.10 Å². The monoisotopic (exact) mass is 293 g/mol. The van der Waals surface area contributed by atoms with Crippen molar-refractivity contribution in [3.8, 4) is 5.75 Å². The van der Waals surface area contributed by atoms with Gasteiger partial charge in [0.25, 0.3) is 0 Å². The molecule has 1 aliphatic carbocycles. The number of halogens is 1. The van der Waals surface area contributed by atoms with Crippen LogP contribution in [-0.2, 0) is 19.4 Å². The molecule has 1 aromatic carbocycles. The molecule has 3 rings (SSSR count). The standard InChI is InChI=1S/C13H16FN5O2/c14-12-6-10(5-9-3-8(7-20)4-11(9)12)21-2-1-19-13(15)16-17-18-19/h5-6,8,20H,1-4,7H2,(H2,15,16,18). The summed E-state index contributed by atoms with van der Waals surface area (Å²) in [5, 5.41) is 19.9. The fourth-order valence-electron chi connectivity index (χ4n) is 2.58. The van der Waals surface area contributed by atoms with E-state index in [4.69, 9.17) is 10.5 Å². The normalized spacial score (nSPS) is 17.0. The molecule has 3 N–H and O–H groups in total. The Hall–Kier alpha value is -2.22. The molecule has 0 aliphatic heterocycles. The molecule has 112 valence electrons. The molecule has 2 aromatic rings. The van der Waals surface area contributed by atoms with Crippen molar-refractivity contribution in [3.05, 3.63) is 29.1 Å². The summed E-state index contributed by atoms with van der Waals surface area (Å²) in [6, 6.07) is 3.21. The second kappa shape index (κ2) is 5.65. The van der Waals surface area contributed by atoms with Gasteiger partial charge in [0.05, 0.1) is 6.54 Å². The lowest BCUT2D eigenvalue weighted by molar-refractivity contribution is 0.232. The number of fused-ring (bicyclic) bond motifs is 1. The number of aromatic nitrogens is 4. The number of nitrogens with zero attached hydrogens (tertiary/aromatic N) is 4. The number of anilines is 1. The van der Waals surface area contributed by atoms with Gasteiger partial charge in [0, 0.05) is 12.7 Å². The van der Waals surface area contributed by atoms with Crippen LogP contribution in [0.4, 0.5) is 10.3 Å². The van der Waals surface area contributed by atoms with E-state index in [1.165, 1.54) is 10.7 Å². The quantitative estimate of drug-likeness (QED) is 0.816. The molecule has 0 amide bonds. The fourth-order valence-corrected chi connectivity index (χ4v) is 2.58. The number of hydrogen-bond donors (Lipinski definition) is 2. The molecular formula is C13H16FN5O2. The van der Waals surface area contributed by atoms with Gasteiger partial charge in [0.2, 0.25) is 5.95 Å². The third-order valence-corrected chi connectivity index (χ3v) is 3.65. The summed E-state index contributed by atoms with van der Waals surface area (Å²) >= 11 is 0. The Bertz CT molecular complexity index is 645. The number of hydrogen-bond acceptors (Lipinski definition) is 6. The molecule has 7 nitrogen and oxygen atoms in total. The molecule has 0 fully saturated rings. The second-order valence-electron chi connectivity index (χ2n) is 5.11. The minimum Gasteiger partial charge on any atom is -0.492 e. The smallest absolute Gasteiger partial charge is 0.240 e. The van der Waals surface area contributed by atoms with E-state index in [0.29, 0.717) is 30.7 Å². The average molecular weight is 293 g/mol. The molecule has 0 saturated heterocycles. The fraction of sp³-hybridized carbons (Fsp3) is 0.462. The van der Waals surface area contributed by atoms with Crippen LogP contribution < -0.4 is 10.5 Å². The van der Waals surface area contributed by atoms with Gasteiger partial charge in [-0.2, -0.15) is 0 Å². The highest BCUT2D eigenvalue weighted by Gasteiger charge is 2.24. The summed E-state index contributed by atoms with van der Waals surface area (Å²) in [5.74, 6) is 0.507. The van der Waals surface area contributed by atoms with E-state index in [1.54, 1.807) is 0 Å². The highest BCUT2D eigenvalue weighted by atomic mass is 19.1. The van der Waals surface area contributed by atoms with Crippen LogP contribution in [0.3, 0.4) is 0 Å². The molecule has 1 heterocycles. The SMILES string of the molecule is Nc1nnnn1CCOc1cc(F)c2c(c1)CC(CO)C2. The molecule has 1 aliphatic rings. The zero-order chi connectivity index (χ0) is 14.8. The van der Waals surface area contributed by atoms with Gasteiger partial charge >= 0.3 is 0 Å². The number of nitrogen functional groups attached to an aromatic ring is 1. The predicted octanol–water partition coefficient (Wildman–Crippen LogP) is 0.180. The van der Waals surface area contributed by atoms with E-state index in [0.717, 1.165) is 5.56 Å². The van der Waals surface area contributed by atoms with Crippen molar-refractivity contribution in [2.24, 2.45) is 5.92 Å². The summed E-state index contributed by atoms with van der Waals surface area (Å²) in [6.45, 7) is 0.747. The average Bonchev–Trinajstić information content (AvgIpc) is 3.06. The van der Waals surface area contributed by atoms with Gasteiger partial charge in [0.15, 0.2) is 0 Å². The van der Waals surface area contributed by atoms with Crippen LogP contribution in [0.5, 0.6) is 5.75 Å².